The molecule has 4 rings (SSSR count). The lowest BCUT2D eigenvalue weighted by Crippen LogP contribution is -2.02. The summed E-state index contributed by atoms with van der Waals surface area (Å²) in [5.74, 6) is 0.999. The van der Waals surface area contributed by atoms with Crippen molar-refractivity contribution in [3.05, 3.63) is 90.5 Å². The standard InChI is InChI=1S/C20H15N2/c1-3-9-16(10-4-1)15-22-19-14-8-7-13-18(19)21-20(22)17-11-5-2-6-12-17/h1-7,9-14H,15H2. The van der Waals surface area contributed by atoms with Crippen LogP contribution in [0.5, 0.6) is 0 Å². The largest absolute Gasteiger partial charge is 0.319 e. The molecule has 0 saturated heterocycles. The van der Waals surface area contributed by atoms with Crippen molar-refractivity contribution in [2.75, 3.05) is 0 Å². The summed E-state index contributed by atoms with van der Waals surface area (Å²) in [7, 11) is 0. The van der Waals surface area contributed by atoms with Gasteiger partial charge in [0.1, 0.15) is 5.82 Å². The van der Waals surface area contributed by atoms with Gasteiger partial charge in [0.15, 0.2) is 0 Å². The molecule has 105 valence electrons. The zero-order valence-electron chi connectivity index (χ0n) is 12.1. The molecule has 4 aromatic rings. The van der Waals surface area contributed by atoms with Crippen LogP contribution < -0.4 is 0 Å². The fourth-order valence-corrected chi connectivity index (χ4v) is 2.75. The van der Waals surface area contributed by atoms with Gasteiger partial charge < -0.3 is 4.57 Å². The number of imidazole rings is 1. The molecule has 1 heterocycles. The molecule has 2 heteroatoms. The highest BCUT2D eigenvalue weighted by Gasteiger charge is 2.12. The molecule has 0 atom stereocenters. The lowest BCUT2D eigenvalue weighted by atomic mass is 10.2. The number of aromatic nitrogens is 2. The van der Waals surface area contributed by atoms with Crippen molar-refractivity contribution in [2.45, 2.75) is 6.54 Å². The van der Waals surface area contributed by atoms with E-state index in [0.717, 1.165) is 29.0 Å². The third-order valence-corrected chi connectivity index (χ3v) is 3.81. The molecular formula is C20H15N2. The van der Waals surface area contributed by atoms with Crippen molar-refractivity contribution < 1.29 is 0 Å². The molecular weight excluding hydrogens is 268 g/mol. The number of hydrogen-bond donors (Lipinski definition) is 0. The van der Waals surface area contributed by atoms with Gasteiger partial charge in [0.2, 0.25) is 0 Å². The first-order valence-electron chi connectivity index (χ1n) is 7.37. The van der Waals surface area contributed by atoms with Crippen LogP contribution in [0.25, 0.3) is 22.4 Å². The first kappa shape index (κ1) is 12.8. The third kappa shape index (κ3) is 2.29. The molecule has 1 radical (unpaired) electrons. The van der Waals surface area contributed by atoms with E-state index in [1.165, 1.54) is 5.56 Å². The molecule has 22 heavy (non-hydrogen) atoms. The summed E-state index contributed by atoms with van der Waals surface area (Å²) in [5, 5.41) is 0. The summed E-state index contributed by atoms with van der Waals surface area (Å²) in [6.45, 7) is 0.805. The molecule has 3 aromatic carbocycles. The molecule has 0 spiro atoms. The predicted molar refractivity (Wildman–Crippen MR) is 89.5 cm³/mol. The maximum absolute atomic E-state index is 4.82. The zero-order chi connectivity index (χ0) is 14.8. The van der Waals surface area contributed by atoms with E-state index in [-0.39, 0.29) is 0 Å². The minimum absolute atomic E-state index is 0.805. The van der Waals surface area contributed by atoms with Crippen LogP contribution in [0, 0.1) is 6.07 Å². The van der Waals surface area contributed by atoms with Gasteiger partial charge in [0.05, 0.1) is 11.0 Å². The normalized spacial score (nSPS) is 10.9. The van der Waals surface area contributed by atoms with Crippen molar-refractivity contribution >= 4 is 11.0 Å². The number of rotatable bonds is 3. The topological polar surface area (TPSA) is 17.8 Å². The minimum atomic E-state index is 0.805. The van der Waals surface area contributed by atoms with Gasteiger partial charge in [-0.25, -0.2) is 4.98 Å². The SMILES string of the molecule is [c]1ccc2nc(-c3ccccc3)n(Cc3ccccc3)c2c1. The molecule has 1 aromatic heterocycles. The van der Waals surface area contributed by atoms with Gasteiger partial charge in [-0.15, -0.1) is 0 Å². The van der Waals surface area contributed by atoms with E-state index in [1.807, 2.05) is 42.5 Å². The second-order valence-corrected chi connectivity index (χ2v) is 5.29. The van der Waals surface area contributed by atoms with Crippen LogP contribution in [0.4, 0.5) is 0 Å². The van der Waals surface area contributed by atoms with Crippen LogP contribution in [-0.4, -0.2) is 9.55 Å². The second kappa shape index (κ2) is 5.49. The van der Waals surface area contributed by atoms with Crippen LogP contribution >= 0.6 is 0 Å². The molecule has 0 amide bonds. The Morgan fingerprint density at radius 2 is 1.59 bits per heavy atom. The van der Waals surface area contributed by atoms with Gasteiger partial charge in [-0.1, -0.05) is 66.7 Å². The van der Waals surface area contributed by atoms with Crippen LogP contribution in [0.2, 0.25) is 0 Å². The fraction of sp³-hybridized carbons (Fsp3) is 0.0500. The average Bonchev–Trinajstić information content (AvgIpc) is 2.95. The summed E-state index contributed by atoms with van der Waals surface area (Å²) in [6.07, 6.45) is 0. The Bertz CT molecular complexity index is 893. The Hall–Kier alpha value is -2.87. The highest BCUT2D eigenvalue weighted by Crippen LogP contribution is 2.25. The Morgan fingerprint density at radius 1 is 0.864 bits per heavy atom. The minimum Gasteiger partial charge on any atom is -0.319 e. The van der Waals surface area contributed by atoms with E-state index in [4.69, 9.17) is 4.98 Å². The average molecular weight is 283 g/mol. The van der Waals surface area contributed by atoms with E-state index in [1.54, 1.807) is 0 Å². The number of fused-ring (bicyclic) bond motifs is 1. The number of benzene rings is 3. The van der Waals surface area contributed by atoms with Crippen LogP contribution in [0.1, 0.15) is 5.56 Å². The van der Waals surface area contributed by atoms with Crippen molar-refractivity contribution in [2.24, 2.45) is 0 Å². The Labute approximate surface area is 129 Å². The summed E-state index contributed by atoms with van der Waals surface area (Å²) >= 11 is 0. The monoisotopic (exact) mass is 283 g/mol. The molecule has 0 bridgehead atoms. The van der Waals surface area contributed by atoms with Gasteiger partial charge in [0.25, 0.3) is 0 Å². The van der Waals surface area contributed by atoms with E-state index >= 15 is 0 Å². The van der Waals surface area contributed by atoms with E-state index in [9.17, 15) is 0 Å². The zero-order valence-corrected chi connectivity index (χ0v) is 12.1. The fourth-order valence-electron chi connectivity index (χ4n) is 2.75. The van der Waals surface area contributed by atoms with Gasteiger partial charge in [-0.2, -0.15) is 0 Å². The molecule has 0 unspecified atom stereocenters. The predicted octanol–water partition coefficient (Wildman–Crippen LogP) is 4.55. The lowest BCUT2D eigenvalue weighted by molar-refractivity contribution is 0.834. The molecule has 0 aliphatic heterocycles. The summed E-state index contributed by atoms with van der Waals surface area (Å²) in [6, 6.07) is 29.9. The molecule has 0 saturated carbocycles. The number of nitrogens with zero attached hydrogens (tertiary/aromatic N) is 2. The van der Waals surface area contributed by atoms with E-state index in [2.05, 4.69) is 47.0 Å². The Balaban J connectivity index is 1.91. The summed E-state index contributed by atoms with van der Waals surface area (Å²) < 4.78 is 2.26. The van der Waals surface area contributed by atoms with Crippen molar-refractivity contribution in [1.29, 1.82) is 0 Å². The first-order valence-corrected chi connectivity index (χ1v) is 7.37. The third-order valence-electron chi connectivity index (χ3n) is 3.81. The summed E-state index contributed by atoms with van der Waals surface area (Å²) in [4.78, 5) is 4.82. The molecule has 0 aliphatic rings. The van der Waals surface area contributed by atoms with Crippen LogP contribution in [0.3, 0.4) is 0 Å². The molecule has 0 fully saturated rings. The Morgan fingerprint density at radius 3 is 2.36 bits per heavy atom. The van der Waals surface area contributed by atoms with Gasteiger partial charge in [-0.05, 0) is 23.8 Å². The maximum atomic E-state index is 4.82. The van der Waals surface area contributed by atoms with Gasteiger partial charge in [0, 0.05) is 12.1 Å². The quantitative estimate of drug-likeness (QED) is 0.539. The lowest BCUT2D eigenvalue weighted by Gasteiger charge is -2.09. The van der Waals surface area contributed by atoms with Crippen LogP contribution in [0.15, 0.2) is 78.9 Å². The smallest absolute Gasteiger partial charge is 0.141 e. The van der Waals surface area contributed by atoms with Gasteiger partial charge >= 0.3 is 0 Å². The van der Waals surface area contributed by atoms with Crippen LogP contribution in [-0.2, 0) is 6.54 Å². The van der Waals surface area contributed by atoms with Crippen molar-refractivity contribution in [3.8, 4) is 11.4 Å². The summed E-state index contributed by atoms with van der Waals surface area (Å²) in [5.41, 5.74) is 4.52. The second-order valence-electron chi connectivity index (χ2n) is 5.29. The maximum Gasteiger partial charge on any atom is 0.141 e. The van der Waals surface area contributed by atoms with E-state index in [0.29, 0.717) is 0 Å². The molecule has 0 aliphatic carbocycles. The Kier molecular flexibility index (Phi) is 3.20. The first-order chi connectivity index (χ1) is 10.9. The van der Waals surface area contributed by atoms with E-state index < -0.39 is 0 Å². The molecule has 2 nitrogen and oxygen atoms in total. The van der Waals surface area contributed by atoms with Crippen molar-refractivity contribution in [1.82, 2.24) is 9.55 Å². The van der Waals surface area contributed by atoms with Crippen molar-refractivity contribution in [3.63, 3.8) is 0 Å². The highest BCUT2D eigenvalue weighted by atomic mass is 15.1. The van der Waals surface area contributed by atoms with Gasteiger partial charge in [-0.3, -0.25) is 0 Å². The number of hydrogen-bond acceptors (Lipinski definition) is 1. The highest BCUT2D eigenvalue weighted by molar-refractivity contribution is 5.80. The molecule has 0 N–H and O–H groups in total.